The maximum atomic E-state index is 13.9. The van der Waals surface area contributed by atoms with E-state index in [1.807, 2.05) is 12.1 Å². The van der Waals surface area contributed by atoms with Crippen LogP contribution in [0.15, 0.2) is 28.1 Å². The highest BCUT2D eigenvalue weighted by Gasteiger charge is 2.14. The molecule has 0 aliphatic heterocycles. The summed E-state index contributed by atoms with van der Waals surface area (Å²) < 4.78 is 30.2. The SMILES string of the molecule is Fc1ccc2[nH]c(=S)n(Cc3ccc(Br)s3)c2c1F. The number of hydrogen-bond donors (Lipinski definition) is 1. The molecular weight excluding hydrogens is 354 g/mol. The number of imidazole rings is 1. The van der Waals surface area contributed by atoms with Crippen LogP contribution in [0.25, 0.3) is 11.0 Å². The molecule has 0 aliphatic carbocycles. The van der Waals surface area contributed by atoms with Crippen LogP contribution in [0, 0.1) is 16.4 Å². The van der Waals surface area contributed by atoms with Crippen molar-refractivity contribution in [3.8, 4) is 0 Å². The van der Waals surface area contributed by atoms with Crippen molar-refractivity contribution < 1.29 is 8.78 Å². The van der Waals surface area contributed by atoms with Crippen molar-refractivity contribution in [1.29, 1.82) is 0 Å². The molecule has 19 heavy (non-hydrogen) atoms. The van der Waals surface area contributed by atoms with Gasteiger partial charge in [-0.2, -0.15) is 0 Å². The maximum Gasteiger partial charge on any atom is 0.184 e. The summed E-state index contributed by atoms with van der Waals surface area (Å²) in [4.78, 5) is 3.89. The Kier molecular flexibility index (Phi) is 3.28. The van der Waals surface area contributed by atoms with Gasteiger partial charge in [0.05, 0.1) is 15.8 Å². The van der Waals surface area contributed by atoms with Gasteiger partial charge in [-0.05, 0) is 52.4 Å². The lowest BCUT2D eigenvalue weighted by atomic mass is 10.3. The van der Waals surface area contributed by atoms with E-state index in [1.54, 1.807) is 4.57 Å². The smallest absolute Gasteiger partial charge is 0.184 e. The lowest BCUT2D eigenvalue weighted by Crippen LogP contribution is -2.00. The number of rotatable bonds is 2. The van der Waals surface area contributed by atoms with Crippen molar-refractivity contribution >= 4 is 50.5 Å². The third-order valence-electron chi connectivity index (χ3n) is 2.77. The fourth-order valence-electron chi connectivity index (χ4n) is 1.93. The Bertz CT molecular complexity index is 819. The number of nitrogens with zero attached hydrogens (tertiary/aromatic N) is 1. The van der Waals surface area contributed by atoms with Gasteiger partial charge in [-0.25, -0.2) is 8.78 Å². The van der Waals surface area contributed by atoms with Crippen LogP contribution < -0.4 is 0 Å². The minimum atomic E-state index is -0.875. The third kappa shape index (κ3) is 2.26. The van der Waals surface area contributed by atoms with E-state index in [-0.39, 0.29) is 5.52 Å². The van der Waals surface area contributed by atoms with E-state index in [1.165, 1.54) is 17.4 Å². The Labute approximate surface area is 124 Å². The summed E-state index contributed by atoms with van der Waals surface area (Å²) in [6.07, 6.45) is 0. The molecule has 98 valence electrons. The lowest BCUT2D eigenvalue weighted by molar-refractivity contribution is 0.512. The second kappa shape index (κ2) is 4.81. The zero-order valence-electron chi connectivity index (χ0n) is 9.41. The summed E-state index contributed by atoms with van der Waals surface area (Å²) in [6, 6.07) is 6.42. The molecule has 0 unspecified atom stereocenters. The highest BCUT2D eigenvalue weighted by atomic mass is 79.9. The highest BCUT2D eigenvalue weighted by Crippen LogP contribution is 2.26. The van der Waals surface area contributed by atoms with Gasteiger partial charge in [0.15, 0.2) is 16.4 Å². The van der Waals surface area contributed by atoms with E-state index in [0.717, 1.165) is 14.7 Å². The number of H-pyrrole nitrogens is 1. The van der Waals surface area contributed by atoms with Gasteiger partial charge < -0.3 is 9.55 Å². The molecule has 2 nitrogen and oxygen atoms in total. The first-order valence-electron chi connectivity index (χ1n) is 5.37. The van der Waals surface area contributed by atoms with E-state index < -0.39 is 11.6 Å². The molecule has 0 aliphatic rings. The second-order valence-corrected chi connectivity index (χ2v) is 6.91. The first-order chi connectivity index (χ1) is 9.06. The molecule has 0 amide bonds. The predicted octanol–water partition coefficient (Wildman–Crippen LogP) is 4.85. The minimum absolute atomic E-state index is 0.175. The average Bonchev–Trinajstić information content (AvgIpc) is 2.90. The number of benzene rings is 1. The molecule has 0 saturated heterocycles. The normalized spacial score (nSPS) is 11.3. The maximum absolute atomic E-state index is 13.9. The molecule has 0 atom stereocenters. The molecule has 0 fully saturated rings. The lowest BCUT2D eigenvalue weighted by Gasteiger charge is -2.03. The van der Waals surface area contributed by atoms with Crippen molar-refractivity contribution in [1.82, 2.24) is 9.55 Å². The van der Waals surface area contributed by atoms with Gasteiger partial charge in [0.25, 0.3) is 0 Å². The van der Waals surface area contributed by atoms with Crippen molar-refractivity contribution in [3.63, 3.8) is 0 Å². The van der Waals surface area contributed by atoms with Crippen LogP contribution in [-0.4, -0.2) is 9.55 Å². The van der Waals surface area contributed by atoms with Crippen LogP contribution in [0.5, 0.6) is 0 Å². The number of hydrogen-bond acceptors (Lipinski definition) is 2. The van der Waals surface area contributed by atoms with Crippen LogP contribution in [0.2, 0.25) is 0 Å². The van der Waals surface area contributed by atoms with Crippen molar-refractivity contribution in [3.05, 3.63) is 49.3 Å². The van der Waals surface area contributed by atoms with Crippen LogP contribution in [-0.2, 0) is 6.54 Å². The molecule has 2 heterocycles. The Morgan fingerprint density at radius 2 is 2.05 bits per heavy atom. The number of fused-ring (bicyclic) bond motifs is 1. The van der Waals surface area contributed by atoms with Crippen LogP contribution in [0.1, 0.15) is 4.88 Å². The minimum Gasteiger partial charge on any atom is -0.330 e. The van der Waals surface area contributed by atoms with E-state index in [2.05, 4.69) is 20.9 Å². The summed E-state index contributed by atoms with van der Waals surface area (Å²) in [6.45, 7) is 0.412. The zero-order chi connectivity index (χ0) is 13.6. The average molecular weight is 361 g/mol. The predicted molar refractivity (Wildman–Crippen MR) is 78.2 cm³/mol. The Morgan fingerprint density at radius 3 is 2.74 bits per heavy atom. The summed E-state index contributed by atoms with van der Waals surface area (Å²) in [5.74, 6) is -1.75. The highest BCUT2D eigenvalue weighted by molar-refractivity contribution is 9.11. The van der Waals surface area contributed by atoms with Gasteiger partial charge in [0.2, 0.25) is 0 Å². The number of halogens is 3. The quantitative estimate of drug-likeness (QED) is 0.647. The van der Waals surface area contributed by atoms with Crippen molar-refractivity contribution in [2.45, 2.75) is 6.54 Å². The molecular formula is C12H7BrF2N2S2. The van der Waals surface area contributed by atoms with E-state index in [0.29, 0.717) is 16.8 Å². The summed E-state index contributed by atoms with van der Waals surface area (Å²) in [7, 11) is 0. The van der Waals surface area contributed by atoms with Crippen LogP contribution in [0.3, 0.4) is 0 Å². The first-order valence-corrected chi connectivity index (χ1v) is 7.39. The molecule has 0 saturated carbocycles. The van der Waals surface area contributed by atoms with E-state index in [9.17, 15) is 8.78 Å². The zero-order valence-corrected chi connectivity index (χ0v) is 12.6. The van der Waals surface area contributed by atoms with Gasteiger partial charge in [0, 0.05) is 4.88 Å². The molecule has 3 rings (SSSR count). The van der Waals surface area contributed by atoms with Crippen molar-refractivity contribution in [2.24, 2.45) is 0 Å². The molecule has 1 N–H and O–H groups in total. The van der Waals surface area contributed by atoms with E-state index in [4.69, 9.17) is 12.2 Å². The molecule has 1 aromatic carbocycles. The number of thiophene rings is 1. The molecule has 0 bridgehead atoms. The Balaban J connectivity index is 2.20. The molecule has 2 aromatic heterocycles. The van der Waals surface area contributed by atoms with Gasteiger partial charge in [-0.1, -0.05) is 0 Å². The number of nitrogens with one attached hydrogen (secondary N) is 1. The fourth-order valence-corrected chi connectivity index (χ4v) is 3.67. The Morgan fingerprint density at radius 1 is 1.26 bits per heavy atom. The van der Waals surface area contributed by atoms with Crippen LogP contribution in [0.4, 0.5) is 8.78 Å². The monoisotopic (exact) mass is 360 g/mol. The van der Waals surface area contributed by atoms with Crippen molar-refractivity contribution in [2.75, 3.05) is 0 Å². The molecule has 0 spiro atoms. The van der Waals surface area contributed by atoms with Gasteiger partial charge in [0.1, 0.15) is 5.52 Å². The largest absolute Gasteiger partial charge is 0.330 e. The fraction of sp³-hybridized carbons (Fsp3) is 0.0833. The standard InChI is InChI=1S/C12H7BrF2N2S2/c13-9-4-1-6(19-9)5-17-11-8(16-12(17)18)3-2-7(14)10(11)15/h1-4H,5H2,(H,16,18). The number of aromatic amines is 1. The second-order valence-electron chi connectivity index (χ2n) is 3.98. The van der Waals surface area contributed by atoms with E-state index >= 15 is 0 Å². The van der Waals surface area contributed by atoms with Gasteiger partial charge in [-0.3, -0.25) is 0 Å². The Hall–Kier alpha value is -1.05. The third-order valence-corrected chi connectivity index (χ3v) is 4.70. The summed E-state index contributed by atoms with van der Waals surface area (Å²) in [5, 5.41) is 0. The van der Waals surface area contributed by atoms with Gasteiger partial charge >= 0.3 is 0 Å². The topological polar surface area (TPSA) is 20.7 Å². The van der Waals surface area contributed by atoms with Crippen LogP contribution >= 0.6 is 39.5 Å². The van der Waals surface area contributed by atoms with Gasteiger partial charge in [-0.15, -0.1) is 11.3 Å². The summed E-state index contributed by atoms with van der Waals surface area (Å²) in [5.41, 5.74) is 0.675. The summed E-state index contributed by atoms with van der Waals surface area (Å²) >= 11 is 10.1. The molecule has 0 radical (unpaired) electrons. The first kappa shape index (κ1) is 13.0. The molecule has 3 aromatic rings. The number of aromatic nitrogens is 2. The molecule has 7 heteroatoms.